The highest BCUT2D eigenvalue weighted by molar-refractivity contribution is 6.00. The van der Waals surface area contributed by atoms with Crippen LogP contribution >= 0.6 is 12.4 Å². The first-order chi connectivity index (χ1) is 14.1. The van der Waals surface area contributed by atoms with Crippen LogP contribution < -0.4 is 25.4 Å². The van der Waals surface area contributed by atoms with Gasteiger partial charge >= 0.3 is 0 Å². The third-order valence-corrected chi connectivity index (χ3v) is 4.99. The number of nitrogens with one attached hydrogen (secondary N) is 3. The van der Waals surface area contributed by atoms with Crippen molar-refractivity contribution in [3.8, 4) is 17.6 Å². The summed E-state index contributed by atoms with van der Waals surface area (Å²) < 4.78 is 10.6. The van der Waals surface area contributed by atoms with Crippen molar-refractivity contribution in [1.82, 2.24) is 10.6 Å². The van der Waals surface area contributed by atoms with Crippen LogP contribution in [0.1, 0.15) is 34.3 Å². The normalized spacial score (nSPS) is 13.5. The van der Waals surface area contributed by atoms with E-state index in [1.165, 1.54) is 0 Å². The predicted molar refractivity (Wildman–Crippen MR) is 119 cm³/mol. The van der Waals surface area contributed by atoms with Crippen LogP contribution in [0.3, 0.4) is 0 Å². The van der Waals surface area contributed by atoms with Crippen LogP contribution in [0.25, 0.3) is 0 Å². The number of ether oxygens (including phenoxy) is 2. The van der Waals surface area contributed by atoms with Gasteiger partial charge in [-0.15, -0.1) is 12.4 Å². The molecule has 0 bridgehead atoms. The average molecular weight is 431 g/mol. The number of piperidine rings is 1. The molecule has 0 saturated carbocycles. The van der Waals surface area contributed by atoms with E-state index in [0.717, 1.165) is 37.2 Å². The van der Waals surface area contributed by atoms with Gasteiger partial charge in [-0.3, -0.25) is 4.79 Å². The zero-order chi connectivity index (χ0) is 20.6. The second kappa shape index (κ2) is 11.3. The van der Waals surface area contributed by atoms with Crippen LogP contribution in [0.15, 0.2) is 36.4 Å². The summed E-state index contributed by atoms with van der Waals surface area (Å²) in [5.41, 5.74) is 2.57. The van der Waals surface area contributed by atoms with Crippen LogP contribution in [0, 0.1) is 11.3 Å². The molecule has 1 aliphatic heterocycles. The minimum atomic E-state index is -0.228. The predicted octanol–water partition coefficient (Wildman–Crippen LogP) is 3.09. The molecule has 3 rings (SSSR count). The Labute approximate surface area is 183 Å². The number of benzene rings is 2. The Morgan fingerprint density at radius 3 is 2.53 bits per heavy atom. The van der Waals surface area contributed by atoms with Crippen LogP contribution in [0.2, 0.25) is 0 Å². The number of halogens is 1. The third-order valence-electron chi connectivity index (χ3n) is 4.99. The molecule has 2 aromatic carbocycles. The molecule has 1 saturated heterocycles. The fraction of sp³-hybridized carbons (Fsp3) is 0.364. The van der Waals surface area contributed by atoms with E-state index in [4.69, 9.17) is 9.47 Å². The van der Waals surface area contributed by atoms with E-state index in [9.17, 15) is 10.1 Å². The van der Waals surface area contributed by atoms with Crippen molar-refractivity contribution < 1.29 is 14.3 Å². The van der Waals surface area contributed by atoms with E-state index in [2.05, 4.69) is 22.0 Å². The molecule has 30 heavy (non-hydrogen) atoms. The van der Waals surface area contributed by atoms with Crippen molar-refractivity contribution in [3.63, 3.8) is 0 Å². The monoisotopic (exact) mass is 430 g/mol. The van der Waals surface area contributed by atoms with E-state index < -0.39 is 0 Å². The number of carbonyl (C=O) groups excluding carboxylic acids is 1. The second-order valence-corrected chi connectivity index (χ2v) is 6.91. The highest BCUT2D eigenvalue weighted by Gasteiger charge is 2.18. The Morgan fingerprint density at radius 1 is 1.13 bits per heavy atom. The molecule has 1 aliphatic rings. The zero-order valence-corrected chi connectivity index (χ0v) is 18.0. The number of anilines is 1. The fourth-order valence-corrected chi connectivity index (χ4v) is 3.38. The van der Waals surface area contributed by atoms with Gasteiger partial charge in [-0.1, -0.05) is 6.07 Å². The molecule has 0 atom stereocenters. The number of carbonyl (C=O) groups is 1. The van der Waals surface area contributed by atoms with Gasteiger partial charge in [0, 0.05) is 18.3 Å². The lowest BCUT2D eigenvalue weighted by molar-refractivity contribution is 0.0951. The number of methoxy groups -OCH3 is 2. The third kappa shape index (κ3) is 5.78. The summed E-state index contributed by atoms with van der Waals surface area (Å²) in [6, 6.07) is 13.1. The first kappa shape index (κ1) is 23.3. The molecule has 0 spiro atoms. The molecule has 1 heterocycles. The maximum Gasteiger partial charge on any atom is 0.253 e. The van der Waals surface area contributed by atoms with E-state index in [1.807, 2.05) is 18.2 Å². The lowest BCUT2D eigenvalue weighted by Gasteiger charge is -2.25. The summed E-state index contributed by atoms with van der Waals surface area (Å²) in [7, 11) is 3.16. The van der Waals surface area contributed by atoms with E-state index in [1.54, 1.807) is 32.4 Å². The molecule has 2 aromatic rings. The first-order valence-corrected chi connectivity index (χ1v) is 9.65. The number of rotatable bonds is 7. The number of nitrogens with zero attached hydrogens (tertiary/aromatic N) is 1. The molecule has 0 radical (unpaired) electrons. The van der Waals surface area contributed by atoms with Gasteiger partial charge in [0.25, 0.3) is 5.91 Å². The molecule has 1 amide bonds. The van der Waals surface area contributed by atoms with Crippen LogP contribution in [0.4, 0.5) is 5.69 Å². The van der Waals surface area contributed by atoms with Gasteiger partial charge in [0.2, 0.25) is 0 Å². The quantitative estimate of drug-likeness (QED) is 0.624. The number of nitriles is 1. The van der Waals surface area contributed by atoms with Gasteiger partial charge in [0.05, 0.1) is 31.4 Å². The van der Waals surface area contributed by atoms with E-state index in [-0.39, 0.29) is 18.3 Å². The Hall–Kier alpha value is -2.95. The summed E-state index contributed by atoms with van der Waals surface area (Å²) in [6.45, 7) is 2.24. The molecule has 160 valence electrons. The number of hydrogen-bond acceptors (Lipinski definition) is 6. The Balaban J connectivity index is 0.00000320. The summed E-state index contributed by atoms with van der Waals surface area (Å²) in [5, 5.41) is 19.0. The van der Waals surface area contributed by atoms with Crippen molar-refractivity contribution in [2.45, 2.75) is 25.4 Å². The van der Waals surface area contributed by atoms with Gasteiger partial charge in [0.15, 0.2) is 11.5 Å². The lowest BCUT2D eigenvalue weighted by Crippen LogP contribution is -2.36. The largest absolute Gasteiger partial charge is 0.493 e. The minimum absolute atomic E-state index is 0. The van der Waals surface area contributed by atoms with Gasteiger partial charge in [-0.25, -0.2) is 0 Å². The maximum atomic E-state index is 12.9. The van der Waals surface area contributed by atoms with Crippen LogP contribution in [0.5, 0.6) is 11.5 Å². The first-order valence-electron chi connectivity index (χ1n) is 9.65. The molecule has 0 unspecified atom stereocenters. The maximum absolute atomic E-state index is 12.9. The molecule has 8 heteroatoms. The van der Waals surface area contributed by atoms with Crippen molar-refractivity contribution >= 4 is 24.0 Å². The van der Waals surface area contributed by atoms with Crippen molar-refractivity contribution in [2.75, 3.05) is 32.6 Å². The highest BCUT2D eigenvalue weighted by atomic mass is 35.5. The van der Waals surface area contributed by atoms with Gasteiger partial charge < -0.3 is 25.4 Å². The number of hydrogen-bond donors (Lipinski definition) is 3. The van der Waals surface area contributed by atoms with Gasteiger partial charge in [-0.2, -0.15) is 5.26 Å². The Bertz CT molecular complexity index is 908. The minimum Gasteiger partial charge on any atom is -0.493 e. The summed E-state index contributed by atoms with van der Waals surface area (Å²) in [5.74, 6) is 1.02. The molecule has 3 N–H and O–H groups in total. The number of amides is 1. The Kier molecular flexibility index (Phi) is 8.78. The van der Waals surface area contributed by atoms with Crippen molar-refractivity contribution in [1.29, 1.82) is 5.26 Å². The van der Waals surface area contributed by atoms with Crippen LogP contribution in [-0.4, -0.2) is 39.3 Å². The van der Waals surface area contributed by atoms with Gasteiger partial charge in [-0.05, 0) is 61.8 Å². The van der Waals surface area contributed by atoms with Crippen molar-refractivity contribution in [3.05, 3.63) is 53.1 Å². The topological polar surface area (TPSA) is 95.4 Å². The zero-order valence-electron chi connectivity index (χ0n) is 17.2. The average Bonchev–Trinajstić information content (AvgIpc) is 2.78. The molecule has 0 aromatic heterocycles. The molecular formula is C22H27ClN4O3. The molecule has 7 nitrogen and oxygen atoms in total. The highest BCUT2D eigenvalue weighted by Crippen LogP contribution is 2.27. The van der Waals surface area contributed by atoms with Crippen LogP contribution in [-0.2, 0) is 6.54 Å². The van der Waals surface area contributed by atoms with Gasteiger partial charge in [0.1, 0.15) is 0 Å². The second-order valence-electron chi connectivity index (χ2n) is 6.91. The Morgan fingerprint density at radius 2 is 1.87 bits per heavy atom. The summed E-state index contributed by atoms with van der Waals surface area (Å²) in [6.07, 6.45) is 1.99. The smallest absolute Gasteiger partial charge is 0.253 e. The fourth-order valence-electron chi connectivity index (χ4n) is 3.38. The SMILES string of the molecule is COc1ccc(CNC(=O)c2cc(C#N)ccc2NC2CCNCC2)cc1OC.Cl. The lowest BCUT2D eigenvalue weighted by atomic mass is 10.0. The molecule has 1 fully saturated rings. The summed E-state index contributed by atoms with van der Waals surface area (Å²) in [4.78, 5) is 12.9. The standard InChI is InChI=1S/C22H26N4O3.ClH/c1-28-20-6-4-16(12-21(20)29-2)14-25-22(27)18-11-15(13-23)3-5-19(18)26-17-7-9-24-10-8-17;/h3-6,11-12,17,24,26H,7-10,14H2,1-2H3,(H,25,27);1H. The molecule has 0 aliphatic carbocycles. The van der Waals surface area contributed by atoms with Crippen molar-refractivity contribution in [2.24, 2.45) is 0 Å². The molecular weight excluding hydrogens is 404 g/mol. The van der Waals surface area contributed by atoms with E-state index >= 15 is 0 Å². The summed E-state index contributed by atoms with van der Waals surface area (Å²) >= 11 is 0. The van der Waals surface area contributed by atoms with E-state index in [0.29, 0.717) is 35.2 Å².